The Kier molecular flexibility index (Phi) is 331. The van der Waals surface area contributed by atoms with E-state index in [1.165, 1.54) is 0 Å². The van der Waals surface area contributed by atoms with Gasteiger partial charge in [0.2, 0.25) is 0 Å². The predicted molar refractivity (Wildman–Crippen MR) is 63.5 cm³/mol. The summed E-state index contributed by atoms with van der Waals surface area (Å²) in [6.45, 7) is 0. The summed E-state index contributed by atoms with van der Waals surface area (Å²) in [6.07, 6.45) is 0. The number of hydrogen-bond acceptors (Lipinski definition) is 0. The molecule has 0 fully saturated rings. The molecular formula is H3I3Se3. The molecule has 0 bridgehead atoms. The molecule has 0 aromatic carbocycles. The molecule has 0 rings (SSSR count). The maximum absolute atomic E-state index is 0. The van der Waals surface area contributed by atoms with Gasteiger partial charge in [-0.05, 0) is 0 Å². The van der Waals surface area contributed by atoms with Crippen molar-refractivity contribution in [3.63, 3.8) is 0 Å². The largest absolute Gasteiger partial charge is 0.107 e. The second-order valence-corrected chi connectivity index (χ2v) is 0. The van der Waals surface area contributed by atoms with Crippen LogP contribution in [0.4, 0.5) is 0 Å². The fourth-order valence-corrected chi connectivity index (χ4v) is 0. The van der Waals surface area contributed by atoms with Crippen molar-refractivity contribution in [3.8, 4) is 0 Å². The summed E-state index contributed by atoms with van der Waals surface area (Å²) in [4.78, 5) is 0. The molecule has 0 spiro atoms. The van der Waals surface area contributed by atoms with Gasteiger partial charge in [0.15, 0.2) is 0 Å². The molecule has 0 amide bonds. The molecule has 0 saturated carbocycles. The van der Waals surface area contributed by atoms with Crippen LogP contribution in [0, 0.1) is 0 Å². The first-order chi connectivity index (χ1) is 0. The molecule has 0 saturated heterocycles. The Hall–Kier alpha value is 3.75. The number of rotatable bonds is 0. The third kappa shape index (κ3) is 25.1. The zero-order valence-corrected chi connectivity index (χ0v) is 14.6. The van der Waals surface area contributed by atoms with Gasteiger partial charge in [-0.1, -0.05) is 0 Å². The van der Waals surface area contributed by atoms with Gasteiger partial charge in [0.25, 0.3) is 0 Å². The molecule has 0 N–H and O–H groups in total. The van der Waals surface area contributed by atoms with Gasteiger partial charge in [0, 0.05) is 51.2 Å². The Morgan fingerprint density at radius 1 is 0.333 bits per heavy atom. The van der Waals surface area contributed by atoms with Crippen LogP contribution in [0.25, 0.3) is 0 Å². The van der Waals surface area contributed by atoms with Crippen LogP contribution in [0.5, 0.6) is 0 Å². The van der Waals surface area contributed by atoms with Crippen molar-refractivity contribution >= 4 is 123 Å². The fourth-order valence-electron chi connectivity index (χ4n) is 0. The van der Waals surface area contributed by atoms with Crippen molar-refractivity contribution < 1.29 is 0 Å². The first-order valence-corrected chi connectivity index (χ1v) is 0. The van der Waals surface area contributed by atoms with E-state index in [0.717, 1.165) is 0 Å². The van der Waals surface area contributed by atoms with Crippen molar-refractivity contribution in [1.29, 1.82) is 0 Å². The molecule has 6 heteroatoms. The van der Waals surface area contributed by atoms with E-state index in [1.807, 2.05) is 0 Å². The first kappa shape index (κ1) is 53.1. The van der Waals surface area contributed by atoms with Gasteiger partial charge in [0.05, 0.1) is 0 Å². The molecule has 42 valence electrons. The van der Waals surface area contributed by atoms with Crippen LogP contribution < -0.4 is 0 Å². The van der Waals surface area contributed by atoms with E-state index in [-0.39, 0.29) is 123 Å². The molecule has 0 aliphatic carbocycles. The van der Waals surface area contributed by atoms with Crippen LogP contribution in [-0.2, 0) is 0 Å². The second kappa shape index (κ2) is 37.4. The Labute approximate surface area is 121 Å². The van der Waals surface area contributed by atoms with Crippen molar-refractivity contribution in [2.24, 2.45) is 0 Å². The van der Waals surface area contributed by atoms with E-state index in [9.17, 15) is 0 Å². The Morgan fingerprint density at radius 3 is 0.333 bits per heavy atom. The van der Waals surface area contributed by atoms with Crippen molar-refractivity contribution in [1.82, 2.24) is 0 Å². The van der Waals surface area contributed by atoms with E-state index in [2.05, 4.69) is 0 Å². The van der Waals surface area contributed by atoms with E-state index in [0.29, 0.717) is 0 Å². The minimum absolute atomic E-state index is 0. The zero-order chi connectivity index (χ0) is 0. The molecule has 6 radical (unpaired) electrons. The van der Waals surface area contributed by atoms with Gasteiger partial charge in [0.1, 0.15) is 0 Å². The second-order valence-electron chi connectivity index (χ2n) is 0. The molecule has 0 aromatic heterocycles. The Bertz CT molecular complexity index is 6.00. The smallest absolute Gasteiger partial charge is 0 e. The quantitative estimate of drug-likeness (QED) is 0.277. The normalized spacial score (nSPS) is 0. The van der Waals surface area contributed by atoms with Gasteiger partial charge >= 0.3 is 0 Å². The van der Waals surface area contributed by atoms with Crippen molar-refractivity contribution in [2.45, 2.75) is 0 Å². The minimum Gasteiger partial charge on any atom is -0.107 e. The van der Waals surface area contributed by atoms with Crippen molar-refractivity contribution in [3.05, 3.63) is 0 Å². The van der Waals surface area contributed by atoms with Gasteiger partial charge < -0.3 is 0 Å². The summed E-state index contributed by atoms with van der Waals surface area (Å²) in [5.74, 6) is 0. The molecule has 0 nitrogen and oxygen atoms in total. The summed E-state index contributed by atoms with van der Waals surface area (Å²) in [7, 11) is 0. The average molecular weight is 621 g/mol. The average Bonchev–Trinajstić information content (AvgIpc) is 0. The molecule has 0 aliphatic rings. The van der Waals surface area contributed by atoms with E-state index >= 15 is 0 Å². The van der Waals surface area contributed by atoms with Crippen LogP contribution in [0.3, 0.4) is 0 Å². The van der Waals surface area contributed by atoms with Gasteiger partial charge in [-0.25, -0.2) is 0 Å². The number of hydrogen-bond donors (Lipinski definition) is 0. The predicted octanol–water partition coefficient (Wildman–Crippen LogP) is 0.712. The monoisotopic (exact) mass is 623 g/mol. The summed E-state index contributed by atoms with van der Waals surface area (Å²) in [5.41, 5.74) is 0. The maximum Gasteiger partial charge on any atom is 0 e. The Balaban J connectivity index is 0. The fraction of sp³-hybridized carbons (Fsp3) is 0. The summed E-state index contributed by atoms with van der Waals surface area (Å²) in [6, 6.07) is 0. The topological polar surface area (TPSA) is 0 Å². The van der Waals surface area contributed by atoms with Crippen LogP contribution in [0.2, 0.25) is 0 Å². The Morgan fingerprint density at radius 2 is 0.333 bits per heavy atom. The summed E-state index contributed by atoms with van der Waals surface area (Å²) >= 11 is 0. The van der Waals surface area contributed by atoms with Crippen LogP contribution in [0.1, 0.15) is 0 Å². The SMILES string of the molecule is I.I.I.[Se].[Se].[Se]. The third-order valence-electron chi connectivity index (χ3n) is 0. The molecule has 0 atom stereocenters. The summed E-state index contributed by atoms with van der Waals surface area (Å²) in [5, 5.41) is 0. The molecule has 6 heavy (non-hydrogen) atoms. The van der Waals surface area contributed by atoms with Crippen LogP contribution in [0.15, 0.2) is 0 Å². The van der Waals surface area contributed by atoms with Gasteiger partial charge in [-0.15, -0.1) is 71.9 Å². The van der Waals surface area contributed by atoms with Gasteiger partial charge in [-0.3, -0.25) is 0 Å². The molecule has 0 unspecified atom stereocenters. The van der Waals surface area contributed by atoms with E-state index in [1.54, 1.807) is 0 Å². The number of halogens is 3. The standard InChI is InChI=1S/3HI.3Se/h3*1H;;;. The summed E-state index contributed by atoms with van der Waals surface area (Å²) < 4.78 is 0. The minimum atomic E-state index is 0. The van der Waals surface area contributed by atoms with Crippen LogP contribution in [-0.4, -0.2) is 51.2 Å². The van der Waals surface area contributed by atoms with Gasteiger partial charge in [-0.2, -0.15) is 0 Å². The zero-order valence-electron chi connectivity index (χ0n) is 2.45. The van der Waals surface area contributed by atoms with E-state index < -0.39 is 0 Å². The van der Waals surface area contributed by atoms with Crippen molar-refractivity contribution in [2.75, 3.05) is 0 Å². The first-order valence-electron chi connectivity index (χ1n) is 0. The maximum atomic E-state index is 0. The molecule has 0 heterocycles. The molecule has 0 aliphatic heterocycles. The molecular weight excluding hydrogens is 618 g/mol. The molecule has 0 aromatic rings. The van der Waals surface area contributed by atoms with Crippen LogP contribution >= 0.6 is 71.9 Å². The third-order valence-corrected chi connectivity index (χ3v) is 0. The van der Waals surface area contributed by atoms with E-state index in [4.69, 9.17) is 0 Å².